The van der Waals surface area contributed by atoms with E-state index in [0.717, 1.165) is 19.3 Å². The minimum atomic E-state index is -0.724. The number of hydrogen-bond donors (Lipinski definition) is 2. The van der Waals surface area contributed by atoms with E-state index in [1.807, 2.05) is 0 Å². The molecule has 0 aliphatic heterocycles. The molecular weight excluding hydrogens is 212 g/mol. The summed E-state index contributed by atoms with van der Waals surface area (Å²) in [6.45, 7) is 0. The van der Waals surface area contributed by atoms with Gasteiger partial charge in [-0.05, 0) is 25.7 Å². The van der Waals surface area contributed by atoms with Crippen LogP contribution in [0.25, 0.3) is 0 Å². The third-order valence-electron chi connectivity index (χ3n) is 2.76. The average molecular weight is 230 g/mol. The fourth-order valence-corrected chi connectivity index (χ4v) is 1.93. The molecule has 1 rings (SSSR count). The number of nitrogens with one attached hydrogen (secondary N) is 2. The van der Waals surface area contributed by atoms with Crippen molar-refractivity contribution in [1.29, 1.82) is 0 Å². The second-order valence-electron chi connectivity index (χ2n) is 3.88. The Balaban J connectivity index is 2.66. The Labute approximate surface area is 94.7 Å². The molecule has 0 atom stereocenters. The van der Waals surface area contributed by atoms with E-state index in [1.54, 1.807) is 0 Å². The molecule has 1 aliphatic carbocycles. The van der Waals surface area contributed by atoms with Gasteiger partial charge in [-0.2, -0.15) is 0 Å². The maximum Gasteiger partial charge on any atom is 0.408 e. The average Bonchev–Trinajstić information content (AvgIpc) is 2.29. The minimum absolute atomic E-state index is 0.543. The van der Waals surface area contributed by atoms with Gasteiger partial charge in [0.05, 0.1) is 14.2 Å². The monoisotopic (exact) mass is 230 g/mol. The predicted molar refractivity (Wildman–Crippen MR) is 56.9 cm³/mol. The molecule has 0 saturated heterocycles. The molecule has 92 valence electrons. The smallest absolute Gasteiger partial charge is 0.408 e. The molecule has 16 heavy (non-hydrogen) atoms. The molecule has 0 unspecified atom stereocenters. The number of methoxy groups -OCH3 is 2. The molecule has 2 amide bonds. The van der Waals surface area contributed by atoms with Gasteiger partial charge in [0.1, 0.15) is 5.66 Å². The summed E-state index contributed by atoms with van der Waals surface area (Å²) in [5, 5.41) is 5.35. The van der Waals surface area contributed by atoms with Gasteiger partial charge in [0.2, 0.25) is 0 Å². The molecule has 0 radical (unpaired) electrons. The lowest BCUT2D eigenvalue weighted by molar-refractivity contribution is 0.114. The molecule has 1 aliphatic rings. The van der Waals surface area contributed by atoms with Gasteiger partial charge in [-0.25, -0.2) is 9.59 Å². The number of alkyl carbamates (subject to hydrolysis) is 2. The van der Waals surface area contributed by atoms with Crippen molar-refractivity contribution in [3.05, 3.63) is 0 Å². The van der Waals surface area contributed by atoms with Crippen LogP contribution in [0.1, 0.15) is 32.1 Å². The highest BCUT2D eigenvalue weighted by molar-refractivity contribution is 5.72. The third kappa shape index (κ3) is 3.29. The first kappa shape index (κ1) is 12.6. The normalized spacial score (nSPS) is 18.4. The molecule has 2 N–H and O–H groups in total. The summed E-state index contributed by atoms with van der Waals surface area (Å²) in [5.41, 5.74) is -0.724. The first-order valence-corrected chi connectivity index (χ1v) is 5.34. The van der Waals surface area contributed by atoms with Crippen LogP contribution < -0.4 is 10.6 Å². The van der Waals surface area contributed by atoms with E-state index in [-0.39, 0.29) is 0 Å². The quantitative estimate of drug-likeness (QED) is 0.702. The van der Waals surface area contributed by atoms with Crippen molar-refractivity contribution in [1.82, 2.24) is 10.6 Å². The summed E-state index contributed by atoms with van der Waals surface area (Å²) in [6.07, 6.45) is 3.31. The van der Waals surface area contributed by atoms with Crippen LogP contribution in [0.4, 0.5) is 9.59 Å². The fraction of sp³-hybridized carbons (Fsp3) is 0.800. The minimum Gasteiger partial charge on any atom is -0.453 e. The van der Waals surface area contributed by atoms with Crippen LogP contribution in [-0.4, -0.2) is 32.1 Å². The molecule has 0 spiro atoms. The topological polar surface area (TPSA) is 76.7 Å². The highest BCUT2D eigenvalue weighted by Crippen LogP contribution is 2.26. The Morgan fingerprint density at radius 1 is 0.938 bits per heavy atom. The Bertz CT molecular complexity index is 242. The van der Waals surface area contributed by atoms with E-state index in [9.17, 15) is 9.59 Å². The van der Waals surface area contributed by atoms with Crippen LogP contribution in [0.15, 0.2) is 0 Å². The summed E-state index contributed by atoms with van der Waals surface area (Å²) in [4.78, 5) is 22.5. The number of carbonyl (C=O) groups is 2. The van der Waals surface area contributed by atoms with Crippen LogP contribution in [0.5, 0.6) is 0 Å². The van der Waals surface area contributed by atoms with Crippen molar-refractivity contribution in [3.8, 4) is 0 Å². The van der Waals surface area contributed by atoms with Gasteiger partial charge in [-0.3, -0.25) is 10.6 Å². The SMILES string of the molecule is COC(=O)NC1(NC(=O)OC)CCCCC1. The van der Waals surface area contributed by atoms with E-state index in [1.165, 1.54) is 14.2 Å². The van der Waals surface area contributed by atoms with Crippen LogP contribution in [-0.2, 0) is 9.47 Å². The Kier molecular flexibility index (Phi) is 4.39. The fourth-order valence-electron chi connectivity index (χ4n) is 1.93. The second kappa shape index (κ2) is 5.58. The van der Waals surface area contributed by atoms with Gasteiger partial charge in [0.15, 0.2) is 0 Å². The predicted octanol–water partition coefficient (Wildman–Crippen LogP) is 1.36. The summed E-state index contributed by atoms with van der Waals surface area (Å²) in [5.74, 6) is 0. The first-order chi connectivity index (χ1) is 7.62. The van der Waals surface area contributed by atoms with Gasteiger partial charge < -0.3 is 9.47 Å². The van der Waals surface area contributed by atoms with Crippen molar-refractivity contribution >= 4 is 12.2 Å². The Morgan fingerprint density at radius 3 is 1.75 bits per heavy atom. The summed E-state index contributed by atoms with van der Waals surface area (Å²) in [7, 11) is 2.59. The molecule has 0 bridgehead atoms. The van der Waals surface area contributed by atoms with Crippen LogP contribution in [0.3, 0.4) is 0 Å². The maximum absolute atomic E-state index is 11.2. The number of amides is 2. The number of ether oxygens (including phenoxy) is 2. The Hall–Kier alpha value is -1.46. The van der Waals surface area contributed by atoms with Crippen molar-refractivity contribution < 1.29 is 19.1 Å². The van der Waals surface area contributed by atoms with Crippen LogP contribution in [0.2, 0.25) is 0 Å². The van der Waals surface area contributed by atoms with Gasteiger partial charge in [-0.15, -0.1) is 0 Å². The molecule has 1 fully saturated rings. The lowest BCUT2D eigenvalue weighted by atomic mass is 9.89. The van der Waals surface area contributed by atoms with Gasteiger partial charge in [-0.1, -0.05) is 6.42 Å². The highest BCUT2D eigenvalue weighted by atomic mass is 16.5. The molecule has 6 nitrogen and oxygen atoms in total. The third-order valence-corrected chi connectivity index (χ3v) is 2.76. The molecule has 0 aromatic carbocycles. The maximum atomic E-state index is 11.2. The zero-order chi connectivity index (χ0) is 12.0. The second-order valence-corrected chi connectivity index (χ2v) is 3.88. The van der Waals surface area contributed by atoms with Crippen molar-refractivity contribution in [2.45, 2.75) is 37.8 Å². The van der Waals surface area contributed by atoms with Crippen LogP contribution in [0, 0.1) is 0 Å². The molecule has 0 heterocycles. The van der Waals surface area contributed by atoms with E-state index < -0.39 is 17.8 Å². The zero-order valence-electron chi connectivity index (χ0n) is 9.67. The Morgan fingerprint density at radius 2 is 1.38 bits per heavy atom. The number of rotatable bonds is 2. The first-order valence-electron chi connectivity index (χ1n) is 5.34. The van der Waals surface area contributed by atoms with Gasteiger partial charge in [0, 0.05) is 0 Å². The zero-order valence-corrected chi connectivity index (χ0v) is 9.67. The van der Waals surface area contributed by atoms with E-state index in [2.05, 4.69) is 20.1 Å². The summed E-state index contributed by atoms with van der Waals surface area (Å²) >= 11 is 0. The molecular formula is C10H18N2O4. The standard InChI is InChI=1S/C10H18N2O4/c1-15-8(13)11-10(12-9(14)16-2)6-4-3-5-7-10/h3-7H2,1-2H3,(H,11,13)(H,12,14). The summed E-state index contributed by atoms with van der Waals surface area (Å²) < 4.78 is 9.10. The van der Waals surface area contributed by atoms with E-state index in [4.69, 9.17) is 0 Å². The number of hydrogen-bond acceptors (Lipinski definition) is 4. The van der Waals surface area contributed by atoms with Crippen LogP contribution >= 0.6 is 0 Å². The van der Waals surface area contributed by atoms with Gasteiger partial charge in [0.25, 0.3) is 0 Å². The van der Waals surface area contributed by atoms with E-state index in [0.29, 0.717) is 12.8 Å². The lowest BCUT2D eigenvalue weighted by Crippen LogP contribution is -2.61. The molecule has 1 saturated carbocycles. The van der Waals surface area contributed by atoms with Crippen molar-refractivity contribution in [2.75, 3.05) is 14.2 Å². The van der Waals surface area contributed by atoms with E-state index >= 15 is 0 Å². The molecule has 6 heteroatoms. The van der Waals surface area contributed by atoms with Gasteiger partial charge >= 0.3 is 12.2 Å². The number of carbonyl (C=O) groups excluding carboxylic acids is 2. The molecule has 0 aromatic rings. The largest absolute Gasteiger partial charge is 0.453 e. The highest BCUT2D eigenvalue weighted by Gasteiger charge is 2.35. The molecule has 0 aromatic heterocycles. The lowest BCUT2D eigenvalue weighted by Gasteiger charge is -2.37. The summed E-state index contributed by atoms with van der Waals surface area (Å²) in [6, 6.07) is 0. The van der Waals surface area contributed by atoms with Crippen molar-refractivity contribution in [3.63, 3.8) is 0 Å². The van der Waals surface area contributed by atoms with Crippen molar-refractivity contribution in [2.24, 2.45) is 0 Å².